The Balaban J connectivity index is 2.48. The fraction of sp³-hybridized carbons (Fsp3) is 0.0909. The van der Waals surface area contributed by atoms with Gasteiger partial charge in [-0.15, -0.1) is 0 Å². The second-order valence-corrected chi connectivity index (χ2v) is 3.36. The van der Waals surface area contributed by atoms with E-state index in [0.717, 1.165) is 17.0 Å². The molecule has 0 unspecified atom stereocenters. The molecule has 3 heteroatoms. The largest absolute Gasteiger partial charge is 0.248 e. The van der Waals surface area contributed by atoms with Gasteiger partial charge in [-0.2, -0.15) is 0 Å². The lowest BCUT2D eigenvalue weighted by atomic mass is 10.2. The Morgan fingerprint density at radius 1 is 1.14 bits per heavy atom. The molecule has 0 fully saturated rings. The third-order valence-corrected chi connectivity index (χ3v) is 2.33. The number of halogens is 1. The molecule has 0 aliphatic rings. The van der Waals surface area contributed by atoms with Crippen LogP contribution < -0.4 is 0 Å². The molecule has 2 rings (SSSR count). The molecule has 0 radical (unpaired) electrons. The van der Waals surface area contributed by atoms with Crippen molar-refractivity contribution in [3.8, 4) is 11.3 Å². The van der Waals surface area contributed by atoms with Gasteiger partial charge in [-0.3, -0.25) is 0 Å². The van der Waals surface area contributed by atoms with Crippen molar-refractivity contribution in [3.63, 3.8) is 0 Å². The Hall–Kier alpha value is -1.41. The van der Waals surface area contributed by atoms with Gasteiger partial charge in [0.1, 0.15) is 5.15 Å². The van der Waals surface area contributed by atoms with E-state index in [9.17, 15) is 0 Å². The van der Waals surface area contributed by atoms with Gasteiger partial charge in [-0.25, -0.2) is 9.97 Å². The molecule has 70 valence electrons. The van der Waals surface area contributed by atoms with E-state index in [1.54, 1.807) is 6.20 Å². The molecule has 2 nitrogen and oxygen atoms in total. The van der Waals surface area contributed by atoms with E-state index in [1.807, 2.05) is 37.3 Å². The molecule has 0 bridgehead atoms. The van der Waals surface area contributed by atoms with Crippen molar-refractivity contribution >= 4 is 11.6 Å². The van der Waals surface area contributed by atoms with Crippen LogP contribution >= 0.6 is 11.6 Å². The van der Waals surface area contributed by atoms with Gasteiger partial charge in [0.15, 0.2) is 0 Å². The summed E-state index contributed by atoms with van der Waals surface area (Å²) in [6.07, 6.45) is 1.69. The van der Waals surface area contributed by atoms with Gasteiger partial charge in [-0.1, -0.05) is 41.9 Å². The van der Waals surface area contributed by atoms with Gasteiger partial charge in [0.05, 0.1) is 17.6 Å². The smallest absolute Gasteiger partial charge is 0.150 e. The van der Waals surface area contributed by atoms with Crippen LogP contribution in [0.4, 0.5) is 0 Å². The fourth-order valence-electron chi connectivity index (χ4n) is 1.21. The van der Waals surface area contributed by atoms with Crippen molar-refractivity contribution in [2.75, 3.05) is 0 Å². The fourth-order valence-corrected chi connectivity index (χ4v) is 1.31. The number of nitrogens with zero attached hydrogens (tertiary/aromatic N) is 2. The van der Waals surface area contributed by atoms with Crippen molar-refractivity contribution in [2.24, 2.45) is 0 Å². The molecule has 0 atom stereocenters. The molecule has 0 N–H and O–H groups in total. The first-order chi connectivity index (χ1) is 6.77. The van der Waals surface area contributed by atoms with E-state index >= 15 is 0 Å². The van der Waals surface area contributed by atoms with Gasteiger partial charge >= 0.3 is 0 Å². The number of aromatic nitrogens is 2. The summed E-state index contributed by atoms with van der Waals surface area (Å²) in [4.78, 5) is 8.41. The van der Waals surface area contributed by atoms with Crippen molar-refractivity contribution in [3.05, 3.63) is 47.4 Å². The van der Waals surface area contributed by atoms with Crippen LogP contribution in [0.3, 0.4) is 0 Å². The number of aryl methyl sites for hydroxylation is 1. The summed E-state index contributed by atoms with van der Waals surface area (Å²) in [5, 5.41) is 0.463. The first-order valence-corrected chi connectivity index (χ1v) is 4.70. The average Bonchev–Trinajstić information content (AvgIpc) is 2.23. The molecule has 1 heterocycles. The number of rotatable bonds is 1. The Morgan fingerprint density at radius 2 is 1.86 bits per heavy atom. The summed E-state index contributed by atoms with van der Waals surface area (Å²) in [7, 11) is 0. The summed E-state index contributed by atoms with van der Waals surface area (Å²) in [5.41, 5.74) is 2.67. The molecule has 1 aromatic heterocycles. The third kappa shape index (κ3) is 1.75. The molecule has 0 aliphatic carbocycles. The van der Waals surface area contributed by atoms with Gasteiger partial charge in [0.25, 0.3) is 0 Å². The Kier molecular flexibility index (Phi) is 2.46. The predicted molar refractivity (Wildman–Crippen MR) is 57.2 cm³/mol. The zero-order chi connectivity index (χ0) is 9.97. The number of hydrogen-bond donors (Lipinski definition) is 0. The molecule has 1 aromatic carbocycles. The third-order valence-electron chi connectivity index (χ3n) is 1.96. The maximum atomic E-state index is 5.79. The molecule has 0 amide bonds. The van der Waals surface area contributed by atoms with Gasteiger partial charge in [-0.05, 0) is 6.92 Å². The van der Waals surface area contributed by atoms with Crippen LogP contribution in [0.2, 0.25) is 5.15 Å². The highest BCUT2D eigenvalue weighted by Gasteiger charge is 2.02. The van der Waals surface area contributed by atoms with Gasteiger partial charge in [0.2, 0.25) is 0 Å². The van der Waals surface area contributed by atoms with Crippen LogP contribution in [0, 0.1) is 6.92 Å². The maximum absolute atomic E-state index is 5.79. The number of hydrogen-bond acceptors (Lipinski definition) is 2. The molecule has 0 aliphatic heterocycles. The van der Waals surface area contributed by atoms with E-state index in [4.69, 9.17) is 11.6 Å². The molecule has 0 spiro atoms. The van der Waals surface area contributed by atoms with Crippen molar-refractivity contribution in [1.29, 1.82) is 0 Å². The van der Waals surface area contributed by atoms with Crippen molar-refractivity contribution in [2.45, 2.75) is 6.92 Å². The highest BCUT2D eigenvalue weighted by molar-refractivity contribution is 6.29. The lowest BCUT2D eigenvalue weighted by Gasteiger charge is -2.01. The predicted octanol–water partition coefficient (Wildman–Crippen LogP) is 3.11. The highest BCUT2D eigenvalue weighted by Crippen LogP contribution is 2.18. The molecular formula is C11H9ClN2. The Morgan fingerprint density at radius 3 is 2.50 bits per heavy atom. The molecule has 2 aromatic rings. The minimum atomic E-state index is 0.463. The molecule has 0 saturated heterocycles. The van der Waals surface area contributed by atoms with Crippen LogP contribution in [-0.4, -0.2) is 9.97 Å². The molecule has 14 heavy (non-hydrogen) atoms. The van der Waals surface area contributed by atoms with E-state index < -0.39 is 0 Å². The quantitative estimate of drug-likeness (QED) is 0.714. The first-order valence-electron chi connectivity index (χ1n) is 4.32. The van der Waals surface area contributed by atoms with Gasteiger partial charge in [0, 0.05) is 5.56 Å². The minimum absolute atomic E-state index is 0.463. The van der Waals surface area contributed by atoms with Crippen LogP contribution in [-0.2, 0) is 0 Å². The van der Waals surface area contributed by atoms with Crippen LogP contribution in [0.1, 0.15) is 5.69 Å². The van der Waals surface area contributed by atoms with Crippen molar-refractivity contribution in [1.82, 2.24) is 9.97 Å². The normalized spacial score (nSPS) is 10.1. The second-order valence-electron chi connectivity index (χ2n) is 3.00. The second kappa shape index (κ2) is 3.76. The minimum Gasteiger partial charge on any atom is -0.248 e. The summed E-state index contributed by atoms with van der Waals surface area (Å²) in [6, 6.07) is 9.91. The van der Waals surface area contributed by atoms with E-state index in [1.165, 1.54) is 0 Å². The summed E-state index contributed by atoms with van der Waals surface area (Å²) in [5.74, 6) is 0. The van der Waals surface area contributed by atoms with E-state index in [2.05, 4.69) is 9.97 Å². The zero-order valence-corrected chi connectivity index (χ0v) is 8.49. The topological polar surface area (TPSA) is 25.8 Å². The highest BCUT2D eigenvalue weighted by atomic mass is 35.5. The summed E-state index contributed by atoms with van der Waals surface area (Å²) in [6.45, 7) is 1.85. The zero-order valence-electron chi connectivity index (χ0n) is 7.74. The van der Waals surface area contributed by atoms with Crippen molar-refractivity contribution < 1.29 is 0 Å². The summed E-state index contributed by atoms with van der Waals surface area (Å²) >= 11 is 5.79. The van der Waals surface area contributed by atoms with Crippen LogP contribution in [0.5, 0.6) is 0 Å². The Labute approximate surface area is 87.6 Å². The molecule has 0 saturated carbocycles. The monoisotopic (exact) mass is 204 g/mol. The maximum Gasteiger partial charge on any atom is 0.150 e. The van der Waals surface area contributed by atoms with Crippen LogP contribution in [0.25, 0.3) is 11.3 Å². The van der Waals surface area contributed by atoms with E-state index in [-0.39, 0.29) is 0 Å². The first kappa shape index (κ1) is 9.16. The average molecular weight is 205 g/mol. The standard InChI is InChI=1S/C11H9ClN2/c1-8-11(12)13-7-10(14-8)9-5-3-2-4-6-9/h2-7H,1H3. The summed E-state index contributed by atoms with van der Waals surface area (Å²) < 4.78 is 0. The SMILES string of the molecule is Cc1nc(-c2ccccc2)cnc1Cl. The Bertz CT molecular complexity index is 440. The lowest BCUT2D eigenvalue weighted by molar-refractivity contribution is 1.12. The van der Waals surface area contributed by atoms with Gasteiger partial charge < -0.3 is 0 Å². The van der Waals surface area contributed by atoms with Crippen LogP contribution in [0.15, 0.2) is 36.5 Å². The lowest BCUT2D eigenvalue weighted by Crippen LogP contribution is -1.90. The molecular weight excluding hydrogens is 196 g/mol. The van der Waals surface area contributed by atoms with E-state index in [0.29, 0.717) is 5.15 Å². The number of benzene rings is 1.